The third-order valence-corrected chi connectivity index (χ3v) is 8.37. The van der Waals surface area contributed by atoms with Gasteiger partial charge in [-0.3, -0.25) is 19.4 Å². The number of aryl methyl sites for hydroxylation is 4. The zero-order valence-electron chi connectivity index (χ0n) is 22.6. The normalized spacial score (nSPS) is 11.3. The van der Waals surface area contributed by atoms with Crippen LogP contribution in [0.2, 0.25) is 0 Å². The Kier molecular flexibility index (Phi) is 9.60. The second-order valence-electron chi connectivity index (χ2n) is 8.63. The van der Waals surface area contributed by atoms with Gasteiger partial charge in [-0.05, 0) is 75.2 Å². The van der Waals surface area contributed by atoms with Crippen LogP contribution in [0.3, 0.4) is 0 Å². The van der Waals surface area contributed by atoms with E-state index in [-0.39, 0.29) is 21.4 Å². The van der Waals surface area contributed by atoms with Crippen LogP contribution < -0.4 is 20.9 Å². The van der Waals surface area contributed by atoms with E-state index in [2.05, 4.69) is 29.4 Å². The molecule has 2 aromatic carbocycles. The number of rotatable bonds is 8. The Balaban J connectivity index is 0.000000220. The first-order valence-corrected chi connectivity index (χ1v) is 15.2. The van der Waals surface area contributed by atoms with Gasteiger partial charge in [0.2, 0.25) is 0 Å². The Morgan fingerprint density at radius 2 is 1.05 bits per heavy atom. The van der Waals surface area contributed by atoms with E-state index in [1.54, 1.807) is 6.92 Å². The number of aromatic nitrogens is 4. The van der Waals surface area contributed by atoms with E-state index in [0.717, 1.165) is 23.5 Å². The third-order valence-electron chi connectivity index (χ3n) is 5.63. The molecular formula is C26H32N8O4S2. The van der Waals surface area contributed by atoms with Crippen LogP contribution >= 0.6 is 0 Å². The average Bonchev–Trinajstić information content (AvgIpc) is 2.90. The Hall–Kier alpha value is -4.30. The first kappa shape index (κ1) is 30.2. The predicted molar refractivity (Wildman–Crippen MR) is 156 cm³/mol. The number of sulfonamides is 2. The standard InChI is InChI=1S/2C13H16N4O2S/c1-3-12-9(2)16-13(8-15-12)17-20(18,19)11-6-4-10(14)5-7-11;1-3-12-9(2)15-8-13(16-12)17-20(18,19)11-6-4-10(14)5-7-11/h2*4-8H,3,14H2,1-2H3,(H,16,17). The molecule has 212 valence electrons. The largest absolute Gasteiger partial charge is 0.399 e. The molecule has 0 atom stereocenters. The summed E-state index contributed by atoms with van der Waals surface area (Å²) in [5.41, 5.74) is 15.2. The monoisotopic (exact) mass is 584 g/mol. The molecule has 6 N–H and O–H groups in total. The fourth-order valence-electron chi connectivity index (χ4n) is 3.46. The van der Waals surface area contributed by atoms with Gasteiger partial charge in [0.25, 0.3) is 20.0 Å². The number of nitrogens with zero attached hydrogens (tertiary/aromatic N) is 4. The van der Waals surface area contributed by atoms with Crippen molar-refractivity contribution >= 4 is 43.1 Å². The number of hydrogen-bond donors (Lipinski definition) is 4. The predicted octanol–water partition coefficient (Wildman–Crippen LogP) is 3.46. The lowest BCUT2D eigenvalue weighted by Gasteiger charge is -2.09. The Morgan fingerprint density at radius 1 is 0.625 bits per heavy atom. The maximum atomic E-state index is 12.2. The zero-order valence-corrected chi connectivity index (χ0v) is 24.2. The fraction of sp³-hybridized carbons (Fsp3) is 0.231. The molecule has 4 rings (SSSR count). The van der Waals surface area contributed by atoms with E-state index < -0.39 is 20.0 Å². The first-order chi connectivity index (χ1) is 18.8. The molecular weight excluding hydrogens is 552 g/mol. The maximum Gasteiger partial charge on any atom is 0.263 e. The summed E-state index contributed by atoms with van der Waals surface area (Å²) in [6.07, 6.45) is 4.27. The summed E-state index contributed by atoms with van der Waals surface area (Å²) < 4.78 is 53.5. The summed E-state index contributed by atoms with van der Waals surface area (Å²) in [6.45, 7) is 7.54. The number of hydrogen-bond acceptors (Lipinski definition) is 10. The number of nitrogens with two attached hydrogens (primary N) is 2. The lowest BCUT2D eigenvalue weighted by molar-refractivity contribution is 0.599. The molecule has 0 aliphatic carbocycles. The molecule has 0 unspecified atom stereocenters. The van der Waals surface area contributed by atoms with Crippen molar-refractivity contribution in [3.05, 3.63) is 83.7 Å². The number of benzene rings is 2. The molecule has 12 nitrogen and oxygen atoms in total. The van der Waals surface area contributed by atoms with Gasteiger partial charge in [-0.25, -0.2) is 26.8 Å². The number of anilines is 4. The average molecular weight is 585 g/mol. The van der Waals surface area contributed by atoms with Crippen LogP contribution in [0.15, 0.2) is 70.7 Å². The van der Waals surface area contributed by atoms with Crippen molar-refractivity contribution < 1.29 is 16.8 Å². The Morgan fingerprint density at radius 3 is 1.48 bits per heavy atom. The van der Waals surface area contributed by atoms with Crippen LogP contribution in [0, 0.1) is 13.8 Å². The molecule has 2 heterocycles. The molecule has 40 heavy (non-hydrogen) atoms. The molecule has 0 amide bonds. The zero-order chi connectivity index (χ0) is 29.5. The number of nitrogen functional groups attached to an aromatic ring is 2. The SMILES string of the molecule is CCc1nc(NS(=O)(=O)c2ccc(N)cc2)cnc1C.CCc1ncc(NS(=O)(=O)c2ccc(N)cc2)nc1C. The molecule has 14 heteroatoms. The summed E-state index contributed by atoms with van der Waals surface area (Å²) in [6, 6.07) is 11.9. The molecule has 0 saturated carbocycles. The van der Waals surface area contributed by atoms with Gasteiger partial charge in [0.15, 0.2) is 11.6 Å². The van der Waals surface area contributed by atoms with Gasteiger partial charge in [-0.2, -0.15) is 0 Å². The van der Waals surface area contributed by atoms with Crippen LogP contribution in [0.5, 0.6) is 0 Å². The summed E-state index contributed by atoms with van der Waals surface area (Å²) in [4.78, 5) is 17.0. The van der Waals surface area contributed by atoms with Gasteiger partial charge in [-0.1, -0.05) is 13.8 Å². The Bertz CT molecular complexity index is 1680. The van der Waals surface area contributed by atoms with Gasteiger partial charge in [0.05, 0.1) is 45.0 Å². The van der Waals surface area contributed by atoms with Crippen LogP contribution in [-0.2, 0) is 32.9 Å². The van der Waals surface area contributed by atoms with E-state index in [1.165, 1.54) is 60.9 Å². The molecule has 0 fully saturated rings. The van der Waals surface area contributed by atoms with Crippen molar-refractivity contribution in [1.29, 1.82) is 0 Å². The lowest BCUT2D eigenvalue weighted by atomic mass is 10.3. The van der Waals surface area contributed by atoms with E-state index in [9.17, 15) is 16.8 Å². The Labute approximate surface area is 234 Å². The molecule has 4 aromatic rings. The molecule has 0 spiro atoms. The topological polar surface area (TPSA) is 196 Å². The number of nitrogens with one attached hydrogen (secondary N) is 2. The highest BCUT2D eigenvalue weighted by Gasteiger charge is 2.16. The summed E-state index contributed by atoms with van der Waals surface area (Å²) in [5.74, 6) is 0.417. The minimum Gasteiger partial charge on any atom is -0.399 e. The minimum atomic E-state index is -3.68. The first-order valence-electron chi connectivity index (χ1n) is 12.3. The van der Waals surface area contributed by atoms with Crippen LogP contribution in [0.1, 0.15) is 36.6 Å². The third kappa shape index (κ3) is 7.86. The van der Waals surface area contributed by atoms with Crippen LogP contribution in [-0.4, -0.2) is 36.8 Å². The van der Waals surface area contributed by atoms with E-state index >= 15 is 0 Å². The van der Waals surface area contributed by atoms with Crippen LogP contribution in [0.4, 0.5) is 23.0 Å². The van der Waals surface area contributed by atoms with Gasteiger partial charge < -0.3 is 11.5 Å². The second-order valence-corrected chi connectivity index (χ2v) is 12.0. The van der Waals surface area contributed by atoms with Crippen molar-refractivity contribution in [3.63, 3.8) is 0 Å². The quantitative estimate of drug-likeness (QED) is 0.223. The van der Waals surface area contributed by atoms with Crippen molar-refractivity contribution in [3.8, 4) is 0 Å². The highest BCUT2D eigenvalue weighted by molar-refractivity contribution is 7.93. The molecule has 0 aliphatic heterocycles. The van der Waals surface area contributed by atoms with Crippen molar-refractivity contribution in [2.45, 2.75) is 50.3 Å². The molecule has 0 saturated heterocycles. The molecule has 2 aromatic heterocycles. The second kappa shape index (κ2) is 12.7. The van der Waals surface area contributed by atoms with Gasteiger partial charge in [-0.15, -0.1) is 0 Å². The van der Waals surface area contributed by atoms with E-state index in [4.69, 9.17) is 11.5 Å². The minimum absolute atomic E-state index is 0.130. The van der Waals surface area contributed by atoms with Crippen LogP contribution in [0.25, 0.3) is 0 Å². The smallest absolute Gasteiger partial charge is 0.263 e. The van der Waals surface area contributed by atoms with E-state index in [1.807, 2.05) is 20.8 Å². The van der Waals surface area contributed by atoms with Gasteiger partial charge in [0, 0.05) is 11.4 Å². The van der Waals surface area contributed by atoms with Gasteiger partial charge in [0.1, 0.15) is 0 Å². The summed E-state index contributed by atoms with van der Waals surface area (Å²) in [5, 5.41) is 0. The summed E-state index contributed by atoms with van der Waals surface area (Å²) >= 11 is 0. The molecule has 0 aliphatic rings. The molecule has 0 radical (unpaired) electrons. The van der Waals surface area contributed by atoms with Crippen molar-refractivity contribution in [2.24, 2.45) is 0 Å². The summed E-state index contributed by atoms with van der Waals surface area (Å²) in [7, 11) is -7.35. The van der Waals surface area contributed by atoms with Crippen molar-refractivity contribution in [1.82, 2.24) is 19.9 Å². The highest BCUT2D eigenvalue weighted by atomic mass is 32.2. The highest BCUT2D eigenvalue weighted by Crippen LogP contribution is 2.18. The van der Waals surface area contributed by atoms with Crippen molar-refractivity contribution in [2.75, 3.05) is 20.9 Å². The fourth-order valence-corrected chi connectivity index (χ4v) is 5.43. The lowest BCUT2D eigenvalue weighted by Crippen LogP contribution is -2.15. The van der Waals surface area contributed by atoms with E-state index in [0.29, 0.717) is 23.5 Å². The maximum absolute atomic E-state index is 12.2. The van der Waals surface area contributed by atoms with Gasteiger partial charge >= 0.3 is 0 Å². The molecule has 0 bridgehead atoms.